The standard InChI is InChI=1S/C12H23N3/c1-3-14-12(13-2)15-10-9-11-7-5-4-6-8-11/h7H,3-6,8-10H2,1-2H3,(H2,13,14,15). The van der Waals surface area contributed by atoms with Crippen LogP contribution < -0.4 is 10.6 Å². The molecule has 0 aliphatic heterocycles. The Morgan fingerprint density at radius 3 is 2.87 bits per heavy atom. The summed E-state index contributed by atoms with van der Waals surface area (Å²) in [4.78, 5) is 4.14. The average Bonchev–Trinajstić information content (AvgIpc) is 2.29. The van der Waals surface area contributed by atoms with Gasteiger partial charge in [-0.25, -0.2) is 0 Å². The lowest BCUT2D eigenvalue weighted by Gasteiger charge is -2.14. The Hall–Kier alpha value is -0.990. The largest absolute Gasteiger partial charge is 0.357 e. The second-order valence-electron chi connectivity index (χ2n) is 3.89. The monoisotopic (exact) mass is 209 g/mol. The number of nitrogens with one attached hydrogen (secondary N) is 2. The van der Waals surface area contributed by atoms with Gasteiger partial charge >= 0.3 is 0 Å². The van der Waals surface area contributed by atoms with Crippen LogP contribution in [0.2, 0.25) is 0 Å². The van der Waals surface area contributed by atoms with Gasteiger partial charge in [0.1, 0.15) is 0 Å². The molecule has 0 aromatic carbocycles. The average molecular weight is 209 g/mol. The summed E-state index contributed by atoms with van der Waals surface area (Å²) in [6.07, 6.45) is 8.87. The molecule has 0 aromatic heterocycles. The fourth-order valence-corrected chi connectivity index (χ4v) is 1.86. The molecule has 0 bridgehead atoms. The Kier molecular flexibility index (Phi) is 5.90. The first-order valence-electron chi connectivity index (χ1n) is 5.99. The number of rotatable bonds is 4. The molecule has 0 saturated carbocycles. The molecule has 1 rings (SSSR count). The maximum absolute atomic E-state index is 4.14. The third-order valence-corrected chi connectivity index (χ3v) is 2.69. The quantitative estimate of drug-likeness (QED) is 0.422. The van der Waals surface area contributed by atoms with Crippen molar-refractivity contribution in [3.8, 4) is 0 Å². The molecule has 0 atom stereocenters. The number of hydrogen-bond acceptors (Lipinski definition) is 1. The number of allylic oxidation sites excluding steroid dienone is 1. The molecule has 86 valence electrons. The lowest BCUT2D eigenvalue weighted by atomic mass is 9.97. The number of nitrogens with zero attached hydrogens (tertiary/aromatic N) is 1. The maximum atomic E-state index is 4.14. The number of aliphatic imine (C=N–C) groups is 1. The van der Waals surface area contributed by atoms with E-state index in [2.05, 4.69) is 28.6 Å². The maximum Gasteiger partial charge on any atom is 0.190 e. The second kappa shape index (κ2) is 7.32. The Labute approximate surface area is 93.1 Å². The van der Waals surface area contributed by atoms with Crippen LogP contribution in [-0.2, 0) is 0 Å². The van der Waals surface area contributed by atoms with Gasteiger partial charge in [0.05, 0.1) is 0 Å². The summed E-state index contributed by atoms with van der Waals surface area (Å²) in [5.74, 6) is 0.911. The Bertz CT molecular complexity index is 231. The first kappa shape index (κ1) is 12.1. The summed E-state index contributed by atoms with van der Waals surface area (Å²) < 4.78 is 0. The zero-order valence-electron chi connectivity index (χ0n) is 9.97. The highest BCUT2D eigenvalue weighted by Gasteiger charge is 2.03. The van der Waals surface area contributed by atoms with Gasteiger partial charge in [0, 0.05) is 20.1 Å². The van der Waals surface area contributed by atoms with Gasteiger partial charge in [0.2, 0.25) is 0 Å². The molecule has 1 aliphatic rings. The highest BCUT2D eigenvalue weighted by Crippen LogP contribution is 2.19. The summed E-state index contributed by atoms with van der Waals surface area (Å²) in [6, 6.07) is 0. The molecule has 0 saturated heterocycles. The van der Waals surface area contributed by atoms with Crippen molar-refractivity contribution < 1.29 is 0 Å². The lowest BCUT2D eigenvalue weighted by molar-refractivity contribution is 0.666. The van der Waals surface area contributed by atoms with Crippen molar-refractivity contribution in [1.82, 2.24) is 10.6 Å². The molecular formula is C12H23N3. The first-order valence-corrected chi connectivity index (χ1v) is 5.99. The van der Waals surface area contributed by atoms with E-state index in [-0.39, 0.29) is 0 Å². The van der Waals surface area contributed by atoms with Gasteiger partial charge in [0.15, 0.2) is 5.96 Å². The van der Waals surface area contributed by atoms with Gasteiger partial charge in [0.25, 0.3) is 0 Å². The first-order chi connectivity index (χ1) is 7.36. The minimum absolute atomic E-state index is 0.911. The minimum atomic E-state index is 0.911. The normalized spacial score (nSPS) is 17.2. The van der Waals surface area contributed by atoms with E-state index >= 15 is 0 Å². The van der Waals surface area contributed by atoms with E-state index in [1.165, 1.54) is 25.7 Å². The molecule has 3 nitrogen and oxygen atoms in total. The summed E-state index contributed by atoms with van der Waals surface area (Å²) >= 11 is 0. The van der Waals surface area contributed by atoms with Crippen LogP contribution in [0.4, 0.5) is 0 Å². The Morgan fingerprint density at radius 1 is 1.40 bits per heavy atom. The fourth-order valence-electron chi connectivity index (χ4n) is 1.86. The highest BCUT2D eigenvalue weighted by molar-refractivity contribution is 5.79. The molecule has 1 aliphatic carbocycles. The van der Waals surface area contributed by atoms with Crippen LogP contribution in [0.3, 0.4) is 0 Å². The second-order valence-corrected chi connectivity index (χ2v) is 3.89. The Balaban J connectivity index is 2.17. The molecule has 0 fully saturated rings. The molecular weight excluding hydrogens is 186 g/mol. The van der Waals surface area contributed by atoms with Gasteiger partial charge < -0.3 is 10.6 Å². The van der Waals surface area contributed by atoms with Crippen molar-refractivity contribution in [3.63, 3.8) is 0 Å². The van der Waals surface area contributed by atoms with Crippen LogP contribution >= 0.6 is 0 Å². The van der Waals surface area contributed by atoms with E-state index in [1.807, 2.05) is 7.05 Å². The molecule has 15 heavy (non-hydrogen) atoms. The number of guanidine groups is 1. The predicted molar refractivity (Wildman–Crippen MR) is 66.2 cm³/mol. The van der Waals surface area contributed by atoms with Gasteiger partial charge in [-0.15, -0.1) is 0 Å². The molecule has 2 N–H and O–H groups in total. The molecule has 0 spiro atoms. The summed E-state index contributed by atoms with van der Waals surface area (Å²) in [7, 11) is 1.81. The summed E-state index contributed by atoms with van der Waals surface area (Å²) in [5, 5.41) is 6.51. The molecule has 0 radical (unpaired) electrons. The third kappa shape index (κ3) is 4.86. The van der Waals surface area contributed by atoms with E-state index < -0.39 is 0 Å². The summed E-state index contributed by atoms with van der Waals surface area (Å²) in [6.45, 7) is 3.99. The molecule has 0 unspecified atom stereocenters. The zero-order chi connectivity index (χ0) is 10.9. The smallest absolute Gasteiger partial charge is 0.190 e. The molecule has 0 aromatic rings. The van der Waals surface area contributed by atoms with Crippen molar-refractivity contribution in [3.05, 3.63) is 11.6 Å². The summed E-state index contributed by atoms with van der Waals surface area (Å²) in [5.41, 5.74) is 1.61. The van der Waals surface area contributed by atoms with Gasteiger partial charge in [-0.3, -0.25) is 4.99 Å². The zero-order valence-corrected chi connectivity index (χ0v) is 9.97. The van der Waals surface area contributed by atoms with Crippen LogP contribution in [-0.4, -0.2) is 26.1 Å². The molecule has 0 amide bonds. The predicted octanol–water partition coefficient (Wildman–Crippen LogP) is 2.06. The van der Waals surface area contributed by atoms with Gasteiger partial charge in [-0.2, -0.15) is 0 Å². The van der Waals surface area contributed by atoms with E-state index in [0.717, 1.165) is 25.5 Å². The van der Waals surface area contributed by atoms with Gasteiger partial charge in [-0.1, -0.05) is 11.6 Å². The van der Waals surface area contributed by atoms with Crippen molar-refractivity contribution in [2.45, 2.75) is 39.0 Å². The Morgan fingerprint density at radius 2 is 2.27 bits per heavy atom. The van der Waals surface area contributed by atoms with Crippen LogP contribution in [0, 0.1) is 0 Å². The molecule has 0 heterocycles. The lowest BCUT2D eigenvalue weighted by Crippen LogP contribution is -2.37. The van der Waals surface area contributed by atoms with E-state index in [9.17, 15) is 0 Å². The van der Waals surface area contributed by atoms with E-state index in [0.29, 0.717) is 0 Å². The highest BCUT2D eigenvalue weighted by atomic mass is 15.2. The van der Waals surface area contributed by atoms with Crippen LogP contribution in [0.15, 0.2) is 16.6 Å². The van der Waals surface area contributed by atoms with Crippen molar-refractivity contribution in [2.75, 3.05) is 20.1 Å². The van der Waals surface area contributed by atoms with Crippen LogP contribution in [0.1, 0.15) is 39.0 Å². The van der Waals surface area contributed by atoms with Crippen molar-refractivity contribution >= 4 is 5.96 Å². The number of hydrogen-bond donors (Lipinski definition) is 2. The van der Waals surface area contributed by atoms with Crippen molar-refractivity contribution in [2.24, 2.45) is 4.99 Å². The molecule has 3 heteroatoms. The minimum Gasteiger partial charge on any atom is -0.357 e. The SMILES string of the molecule is CCNC(=NC)NCCC1=CCCCC1. The van der Waals surface area contributed by atoms with E-state index in [4.69, 9.17) is 0 Å². The van der Waals surface area contributed by atoms with Crippen molar-refractivity contribution in [1.29, 1.82) is 0 Å². The third-order valence-electron chi connectivity index (χ3n) is 2.69. The van der Waals surface area contributed by atoms with Gasteiger partial charge in [-0.05, 0) is 39.0 Å². The van der Waals surface area contributed by atoms with E-state index in [1.54, 1.807) is 5.57 Å². The fraction of sp³-hybridized carbons (Fsp3) is 0.750. The van der Waals surface area contributed by atoms with Crippen LogP contribution in [0.5, 0.6) is 0 Å². The van der Waals surface area contributed by atoms with Crippen LogP contribution in [0.25, 0.3) is 0 Å². The topological polar surface area (TPSA) is 36.4 Å².